The van der Waals surface area contributed by atoms with Crippen LogP contribution in [0.4, 0.5) is 4.39 Å². The summed E-state index contributed by atoms with van der Waals surface area (Å²) in [7, 11) is 4.90. The normalized spacial score (nSPS) is 24.4. The van der Waals surface area contributed by atoms with Crippen LogP contribution in [0.15, 0.2) is 12.1 Å². The zero-order chi connectivity index (χ0) is 17.3. The van der Waals surface area contributed by atoms with E-state index in [1.165, 1.54) is 26.4 Å². The minimum absolute atomic E-state index is 0.0744. The van der Waals surface area contributed by atoms with Crippen LogP contribution in [0.25, 0.3) is 0 Å². The zero-order valence-electron chi connectivity index (χ0n) is 14.3. The van der Waals surface area contributed by atoms with Gasteiger partial charge in [0.25, 0.3) is 5.91 Å². The number of likely N-dealkylation sites (tertiary alicyclic amines) is 1. The molecule has 0 radical (unpaired) electrons. The predicted octanol–water partition coefficient (Wildman–Crippen LogP) is 1.39. The molecule has 2 fully saturated rings. The number of amides is 1. The quantitative estimate of drug-likeness (QED) is 0.834. The summed E-state index contributed by atoms with van der Waals surface area (Å²) in [6.45, 7) is 2.59. The number of nitrogens with zero attached hydrogens (tertiary/aromatic N) is 2. The van der Waals surface area contributed by atoms with Gasteiger partial charge in [0, 0.05) is 19.6 Å². The number of hydrogen-bond acceptors (Lipinski definition) is 5. The third kappa shape index (κ3) is 2.93. The van der Waals surface area contributed by atoms with Crippen LogP contribution in [0, 0.1) is 5.82 Å². The van der Waals surface area contributed by atoms with Crippen LogP contribution in [0.5, 0.6) is 11.5 Å². The molecule has 0 aromatic heterocycles. The third-order valence-electron chi connectivity index (χ3n) is 4.86. The number of benzene rings is 1. The maximum atomic E-state index is 14.4. The molecule has 1 aromatic carbocycles. The lowest BCUT2D eigenvalue weighted by molar-refractivity contribution is -0.0894. The van der Waals surface area contributed by atoms with E-state index < -0.39 is 5.82 Å². The zero-order valence-corrected chi connectivity index (χ0v) is 14.3. The average Bonchev–Trinajstić information content (AvgIpc) is 2.61. The summed E-state index contributed by atoms with van der Waals surface area (Å²) in [5, 5.41) is 0. The van der Waals surface area contributed by atoms with E-state index in [0.717, 1.165) is 13.0 Å². The highest BCUT2D eigenvalue weighted by atomic mass is 19.1. The van der Waals surface area contributed by atoms with Crippen LogP contribution in [-0.2, 0) is 4.74 Å². The van der Waals surface area contributed by atoms with Crippen molar-refractivity contribution in [1.82, 2.24) is 9.80 Å². The second-order valence-electron chi connectivity index (χ2n) is 6.15. The molecule has 3 rings (SSSR count). The van der Waals surface area contributed by atoms with Crippen molar-refractivity contribution >= 4 is 5.91 Å². The summed E-state index contributed by atoms with van der Waals surface area (Å²) >= 11 is 0. The maximum Gasteiger partial charge on any atom is 0.260 e. The molecule has 0 saturated carbocycles. The van der Waals surface area contributed by atoms with Gasteiger partial charge < -0.3 is 19.1 Å². The number of hydrogen-bond donors (Lipinski definition) is 0. The SMILES string of the molecule is COc1ccc(F)c(C(=O)N2CCC3OCCN(C)C3C2)c1OC. The van der Waals surface area contributed by atoms with Gasteiger partial charge in [-0.3, -0.25) is 9.69 Å². The second kappa shape index (κ2) is 6.94. The van der Waals surface area contributed by atoms with Gasteiger partial charge in [-0.05, 0) is 25.6 Å². The molecule has 2 heterocycles. The molecule has 0 bridgehead atoms. The van der Waals surface area contributed by atoms with Gasteiger partial charge in [-0.2, -0.15) is 0 Å². The largest absolute Gasteiger partial charge is 0.493 e. The van der Waals surface area contributed by atoms with Crippen molar-refractivity contribution in [2.45, 2.75) is 18.6 Å². The number of likely N-dealkylation sites (N-methyl/N-ethyl adjacent to an activating group) is 1. The Bertz CT molecular complexity index is 625. The molecule has 0 spiro atoms. The number of rotatable bonds is 3. The molecule has 6 nitrogen and oxygen atoms in total. The van der Waals surface area contributed by atoms with E-state index in [0.29, 0.717) is 25.4 Å². The standard InChI is InChI=1S/C17H23FN2O4/c1-19-8-9-24-13-6-7-20(10-12(13)19)17(21)15-11(18)4-5-14(22-2)16(15)23-3/h4-5,12-13H,6-10H2,1-3H3. The van der Waals surface area contributed by atoms with E-state index in [4.69, 9.17) is 14.2 Å². The Hall–Kier alpha value is -1.86. The Morgan fingerprint density at radius 2 is 2.08 bits per heavy atom. The van der Waals surface area contributed by atoms with Gasteiger partial charge in [-0.15, -0.1) is 0 Å². The van der Waals surface area contributed by atoms with E-state index in [1.54, 1.807) is 4.90 Å². The van der Waals surface area contributed by atoms with E-state index in [2.05, 4.69) is 4.90 Å². The lowest BCUT2D eigenvalue weighted by atomic mass is 9.98. The monoisotopic (exact) mass is 338 g/mol. The van der Waals surface area contributed by atoms with Crippen LogP contribution < -0.4 is 9.47 Å². The molecule has 1 amide bonds. The van der Waals surface area contributed by atoms with E-state index in [-0.39, 0.29) is 29.4 Å². The maximum absolute atomic E-state index is 14.4. The smallest absolute Gasteiger partial charge is 0.260 e. The van der Waals surface area contributed by atoms with Crippen molar-refractivity contribution in [3.05, 3.63) is 23.5 Å². The summed E-state index contributed by atoms with van der Waals surface area (Å²) in [5.41, 5.74) is -0.0744. The van der Waals surface area contributed by atoms with Crippen molar-refractivity contribution in [2.24, 2.45) is 0 Å². The van der Waals surface area contributed by atoms with Crippen LogP contribution in [-0.4, -0.2) is 75.4 Å². The van der Waals surface area contributed by atoms with E-state index >= 15 is 0 Å². The molecule has 2 unspecified atom stereocenters. The first-order chi connectivity index (χ1) is 11.6. The van der Waals surface area contributed by atoms with Crippen molar-refractivity contribution in [1.29, 1.82) is 0 Å². The Morgan fingerprint density at radius 3 is 2.79 bits per heavy atom. The van der Waals surface area contributed by atoms with E-state index in [1.807, 2.05) is 7.05 Å². The van der Waals surface area contributed by atoms with Gasteiger partial charge in [-0.1, -0.05) is 0 Å². The highest BCUT2D eigenvalue weighted by Gasteiger charge is 2.38. The predicted molar refractivity (Wildman–Crippen MR) is 86.2 cm³/mol. The Balaban J connectivity index is 1.87. The second-order valence-corrected chi connectivity index (χ2v) is 6.15. The summed E-state index contributed by atoms with van der Waals surface area (Å²) in [4.78, 5) is 16.8. The number of carbonyl (C=O) groups excluding carboxylic acids is 1. The van der Waals surface area contributed by atoms with Gasteiger partial charge in [0.05, 0.1) is 33.0 Å². The van der Waals surface area contributed by atoms with Gasteiger partial charge >= 0.3 is 0 Å². The van der Waals surface area contributed by atoms with Gasteiger partial charge in [-0.25, -0.2) is 4.39 Å². The fraction of sp³-hybridized carbons (Fsp3) is 0.588. The van der Waals surface area contributed by atoms with Crippen molar-refractivity contribution in [2.75, 3.05) is 47.5 Å². The minimum Gasteiger partial charge on any atom is -0.493 e. The average molecular weight is 338 g/mol. The number of piperidine rings is 1. The van der Waals surface area contributed by atoms with Crippen LogP contribution >= 0.6 is 0 Å². The highest BCUT2D eigenvalue weighted by molar-refractivity contribution is 5.98. The Kier molecular flexibility index (Phi) is 4.91. The summed E-state index contributed by atoms with van der Waals surface area (Å²) in [6.07, 6.45) is 0.874. The van der Waals surface area contributed by atoms with Gasteiger partial charge in [0.15, 0.2) is 11.5 Å². The van der Waals surface area contributed by atoms with Crippen molar-refractivity contribution in [3.63, 3.8) is 0 Å². The molecule has 2 saturated heterocycles. The van der Waals surface area contributed by atoms with Crippen LogP contribution in [0.2, 0.25) is 0 Å². The molecule has 132 valence electrons. The number of carbonyl (C=O) groups is 1. The molecular formula is C17H23FN2O4. The summed E-state index contributed by atoms with van der Waals surface area (Å²) in [6, 6.07) is 2.83. The third-order valence-corrected chi connectivity index (χ3v) is 4.86. The lowest BCUT2D eigenvalue weighted by Gasteiger charge is -2.45. The first-order valence-corrected chi connectivity index (χ1v) is 8.08. The topological polar surface area (TPSA) is 51.2 Å². The first kappa shape index (κ1) is 17.0. The molecule has 7 heteroatoms. The number of ether oxygens (including phenoxy) is 3. The van der Waals surface area contributed by atoms with Crippen LogP contribution in [0.3, 0.4) is 0 Å². The highest BCUT2D eigenvalue weighted by Crippen LogP contribution is 2.34. The number of methoxy groups -OCH3 is 2. The lowest BCUT2D eigenvalue weighted by Crippen LogP contribution is -2.59. The molecule has 2 aliphatic heterocycles. The molecule has 24 heavy (non-hydrogen) atoms. The number of halogens is 1. The number of morpholine rings is 1. The van der Waals surface area contributed by atoms with E-state index in [9.17, 15) is 9.18 Å². The molecule has 0 N–H and O–H groups in total. The number of fused-ring (bicyclic) bond motifs is 1. The van der Waals surface area contributed by atoms with Gasteiger partial charge in [0.2, 0.25) is 0 Å². The minimum atomic E-state index is -0.604. The Labute approximate surface area is 141 Å². The molecule has 2 aliphatic rings. The van der Waals surface area contributed by atoms with Crippen molar-refractivity contribution < 1.29 is 23.4 Å². The fourth-order valence-corrected chi connectivity index (χ4v) is 3.49. The summed E-state index contributed by atoms with van der Waals surface area (Å²) in [5.74, 6) is -0.498. The van der Waals surface area contributed by atoms with Gasteiger partial charge in [0.1, 0.15) is 11.4 Å². The molecule has 2 atom stereocenters. The Morgan fingerprint density at radius 1 is 1.29 bits per heavy atom. The molecular weight excluding hydrogens is 315 g/mol. The summed E-state index contributed by atoms with van der Waals surface area (Å²) < 4.78 is 30.6. The first-order valence-electron chi connectivity index (χ1n) is 8.08. The van der Waals surface area contributed by atoms with Crippen molar-refractivity contribution in [3.8, 4) is 11.5 Å². The van der Waals surface area contributed by atoms with Crippen LogP contribution in [0.1, 0.15) is 16.8 Å². The molecule has 1 aromatic rings. The fourth-order valence-electron chi connectivity index (χ4n) is 3.49. The molecule has 0 aliphatic carbocycles.